The summed E-state index contributed by atoms with van der Waals surface area (Å²) in [5, 5.41) is 0. The Bertz CT molecular complexity index is 542. The number of amides is 1. The van der Waals surface area contributed by atoms with E-state index in [9.17, 15) is 4.79 Å². The monoisotopic (exact) mass is 367 g/mol. The van der Waals surface area contributed by atoms with E-state index in [4.69, 9.17) is 4.74 Å². The van der Waals surface area contributed by atoms with Crippen molar-refractivity contribution >= 4 is 27.8 Å². The fourth-order valence-corrected chi connectivity index (χ4v) is 3.49. The molecule has 3 rings (SSSR count). The highest BCUT2D eigenvalue weighted by Crippen LogP contribution is 2.33. The summed E-state index contributed by atoms with van der Waals surface area (Å²) in [7, 11) is 0. The second-order valence-electron chi connectivity index (χ2n) is 7.01. The Hall–Kier alpha value is -1.30. The lowest BCUT2D eigenvalue weighted by Crippen LogP contribution is -2.57. The van der Waals surface area contributed by atoms with Gasteiger partial charge in [0.1, 0.15) is 11.4 Å². The number of aromatic nitrogens is 1. The van der Waals surface area contributed by atoms with E-state index in [0.717, 1.165) is 36.2 Å². The van der Waals surface area contributed by atoms with Gasteiger partial charge in [0.2, 0.25) is 0 Å². The number of rotatable bonds is 1. The molecule has 0 spiro atoms. The number of fused-ring (bicyclic) bond motifs is 2. The number of piperazine rings is 1. The van der Waals surface area contributed by atoms with Crippen LogP contribution in [0.3, 0.4) is 0 Å². The van der Waals surface area contributed by atoms with Crippen LogP contribution in [0.5, 0.6) is 0 Å². The number of ether oxygens (including phenoxy) is 1. The van der Waals surface area contributed by atoms with Gasteiger partial charge >= 0.3 is 6.09 Å². The van der Waals surface area contributed by atoms with Crippen LogP contribution in [-0.2, 0) is 4.74 Å². The summed E-state index contributed by atoms with van der Waals surface area (Å²) >= 11 is 3.41. The van der Waals surface area contributed by atoms with Crippen molar-refractivity contribution in [2.45, 2.75) is 51.3 Å². The summed E-state index contributed by atoms with van der Waals surface area (Å²) in [6.45, 7) is 7.38. The summed E-state index contributed by atoms with van der Waals surface area (Å²) in [6.07, 6.45) is 3.72. The number of hydrogen-bond donors (Lipinski definition) is 0. The smallest absolute Gasteiger partial charge is 0.410 e. The van der Waals surface area contributed by atoms with Crippen molar-refractivity contribution in [1.82, 2.24) is 9.88 Å². The van der Waals surface area contributed by atoms with Crippen molar-refractivity contribution in [2.75, 3.05) is 18.0 Å². The number of carbonyl (C=O) groups is 1. The molecule has 0 saturated carbocycles. The molecule has 2 aliphatic heterocycles. The van der Waals surface area contributed by atoms with Crippen LogP contribution in [0.15, 0.2) is 22.8 Å². The Kier molecular flexibility index (Phi) is 4.05. The van der Waals surface area contributed by atoms with E-state index in [0.29, 0.717) is 0 Å². The maximum Gasteiger partial charge on any atom is 0.410 e. The molecule has 2 aliphatic rings. The first-order chi connectivity index (χ1) is 10.3. The molecular formula is C16H22BrN3O2. The molecule has 2 fully saturated rings. The molecule has 0 N–H and O–H groups in total. The van der Waals surface area contributed by atoms with Gasteiger partial charge in [0, 0.05) is 23.8 Å². The van der Waals surface area contributed by atoms with Gasteiger partial charge in [0.25, 0.3) is 0 Å². The number of nitrogens with zero attached hydrogens (tertiary/aromatic N) is 3. The normalized spacial score (nSPS) is 24.5. The number of pyridine rings is 1. The van der Waals surface area contributed by atoms with Crippen LogP contribution in [0.1, 0.15) is 33.6 Å². The second-order valence-corrected chi connectivity index (χ2v) is 7.93. The average molecular weight is 368 g/mol. The molecule has 2 atom stereocenters. The van der Waals surface area contributed by atoms with Crippen molar-refractivity contribution in [3.8, 4) is 0 Å². The Balaban J connectivity index is 1.71. The molecule has 1 aromatic rings. The van der Waals surface area contributed by atoms with Gasteiger partial charge in [-0.15, -0.1) is 0 Å². The van der Waals surface area contributed by atoms with Gasteiger partial charge in [-0.05, 0) is 61.7 Å². The fourth-order valence-electron chi connectivity index (χ4n) is 3.26. The zero-order valence-corrected chi connectivity index (χ0v) is 14.8. The quantitative estimate of drug-likeness (QED) is 0.762. The highest BCUT2D eigenvalue weighted by molar-refractivity contribution is 9.10. The van der Waals surface area contributed by atoms with Crippen LogP contribution >= 0.6 is 15.9 Å². The molecule has 22 heavy (non-hydrogen) atoms. The Morgan fingerprint density at radius 2 is 1.91 bits per heavy atom. The first kappa shape index (κ1) is 15.6. The van der Waals surface area contributed by atoms with E-state index in [1.54, 1.807) is 0 Å². The van der Waals surface area contributed by atoms with E-state index in [1.165, 1.54) is 0 Å². The predicted molar refractivity (Wildman–Crippen MR) is 89.0 cm³/mol. The zero-order chi connectivity index (χ0) is 15.9. The highest BCUT2D eigenvalue weighted by atomic mass is 79.9. The summed E-state index contributed by atoms with van der Waals surface area (Å²) in [5.74, 6) is 0.976. The van der Waals surface area contributed by atoms with Crippen molar-refractivity contribution in [3.05, 3.63) is 22.8 Å². The molecule has 5 nitrogen and oxygen atoms in total. The van der Waals surface area contributed by atoms with Crippen LogP contribution in [0.25, 0.3) is 0 Å². The first-order valence-electron chi connectivity index (χ1n) is 7.71. The van der Waals surface area contributed by atoms with Gasteiger partial charge < -0.3 is 9.64 Å². The van der Waals surface area contributed by atoms with Gasteiger partial charge in [-0.3, -0.25) is 4.90 Å². The summed E-state index contributed by atoms with van der Waals surface area (Å²) < 4.78 is 6.54. The third kappa shape index (κ3) is 3.21. The van der Waals surface area contributed by atoms with Crippen LogP contribution in [0.2, 0.25) is 0 Å². The number of carbonyl (C=O) groups excluding carboxylic acids is 1. The van der Waals surface area contributed by atoms with Crippen LogP contribution < -0.4 is 4.90 Å². The van der Waals surface area contributed by atoms with Gasteiger partial charge in [-0.1, -0.05) is 0 Å². The zero-order valence-electron chi connectivity index (χ0n) is 13.3. The standard InChI is InChI=1S/C16H22BrN3O2/c1-16(2,3)22-15(21)20-12-5-6-13(20)10-19(9-12)14-7-4-11(17)8-18-14/h4,7-8,12-13H,5-6,9-10H2,1-3H3. The minimum absolute atomic E-state index is 0.177. The molecule has 0 aliphatic carbocycles. The summed E-state index contributed by atoms with van der Waals surface area (Å²) in [6, 6.07) is 4.47. The highest BCUT2D eigenvalue weighted by Gasteiger charge is 2.44. The first-order valence-corrected chi connectivity index (χ1v) is 8.50. The van der Waals surface area contributed by atoms with Crippen LogP contribution in [0.4, 0.5) is 10.6 Å². The third-order valence-electron chi connectivity index (χ3n) is 4.12. The van der Waals surface area contributed by atoms with Gasteiger partial charge in [-0.25, -0.2) is 9.78 Å². The predicted octanol–water partition coefficient (Wildman–Crippen LogP) is 3.43. The molecule has 1 amide bonds. The molecule has 3 heterocycles. The molecule has 120 valence electrons. The number of hydrogen-bond acceptors (Lipinski definition) is 4. The van der Waals surface area contributed by atoms with E-state index < -0.39 is 5.60 Å². The minimum Gasteiger partial charge on any atom is -0.444 e. The molecule has 6 heteroatoms. The molecule has 2 saturated heterocycles. The molecule has 2 bridgehead atoms. The molecule has 0 radical (unpaired) electrons. The molecular weight excluding hydrogens is 346 g/mol. The van der Waals surface area contributed by atoms with Gasteiger partial charge in [-0.2, -0.15) is 0 Å². The average Bonchev–Trinajstić information content (AvgIpc) is 2.69. The number of anilines is 1. The lowest BCUT2D eigenvalue weighted by molar-refractivity contribution is 0.0123. The van der Waals surface area contributed by atoms with Crippen LogP contribution in [0, 0.1) is 0 Å². The molecule has 1 aromatic heterocycles. The Labute approximate surface area is 139 Å². The van der Waals surface area contributed by atoms with E-state index >= 15 is 0 Å². The van der Waals surface area contributed by atoms with Gasteiger partial charge in [0.15, 0.2) is 0 Å². The summed E-state index contributed by atoms with van der Waals surface area (Å²) in [5.41, 5.74) is -0.444. The lowest BCUT2D eigenvalue weighted by atomic mass is 10.2. The van der Waals surface area contributed by atoms with Crippen molar-refractivity contribution in [3.63, 3.8) is 0 Å². The topological polar surface area (TPSA) is 45.7 Å². The SMILES string of the molecule is CC(C)(C)OC(=O)N1C2CCC1CN(c1ccc(Br)cn1)C2. The second kappa shape index (κ2) is 5.72. The van der Waals surface area contributed by atoms with E-state index in [2.05, 4.69) is 25.8 Å². The molecule has 2 unspecified atom stereocenters. The van der Waals surface area contributed by atoms with E-state index in [1.807, 2.05) is 44.0 Å². The summed E-state index contributed by atoms with van der Waals surface area (Å²) in [4.78, 5) is 21.1. The Morgan fingerprint density at radius 1 is 1.27 bits per heavy atom. The maximum atomic E-state index is 12.4. The number of halogens is 1. The van der Waals surface area contributed by atoms with Crippen molar-refractivity contribution in [1.29, 1.82) is 0 Å². The van der Waals surface area contributed by atoms with Crippen molar-refractivity contribution < 1.29 is 9.53 Å². The van der Waals surface area contributed by atoms with Gasteiger partial charge in [0.05, 0.1) is 12.1 Å². The maximum absolute atomic E-state index is 12.4. The van der Waals surface area contributed by atoms with Crippen molar-refractivity contribution in [2.24, 2.45) is 0 Å². The largest absolute Gasteiger partial charge is 0.444 e. The minimum atomic E-state index is -0.444. The third-order valence-corrected chi connectivity index (χ3v) is 4.59. The van der Waals surface area contributed by atoms with Crippen LogP contribution in [-0.4, -0.2) is 46.8 Å². The Morgan fingerprint density at radius 3 is 2.41 bits per heavy atom. The molecule has 0 aromatic carbocycles. The lowest BCUT2D eigenvalue weighted by Gasteiger charge is -2.41. The fraction of sp³-hybridized carbons (Fsp3) is 0.625. The van der Waals surface area contributed by atoms with E-state index in [-0.39, 0.29) is 18.2 Å².